The van der Waals surface area contributed by atoms with Crippen molar-refractivity contribution in [2.45, 2.75) is 39.5 Å². The van der Waals surface area contributed by atoms with Gasteiger partial charge in [-0.2, -0.15) is 0 Å². The molecule has 0 bridgehead atoms. The Morgan fingerprint density at radius 2 is 2.06 bits per heavy atom. The van der Waals surface area contributed by atoms with Crippen LogP contribution in [0.25, 0.3) is 0 Å². The molecule has 0 aromatic carbocycles. The Morgan fingerprint density at radius 3 is 2.72 bits per heavy atom. The fourth-order valence-corrected chi connectivity index (χ4v) is 2.29. The molecule has 0 atom stereocenters. The molecular weight excluding hydrogens is 224 g/mol. The molecule has 2 N–H and O–H groups in total. The van der Waals surface area contributed by atoms with E-state index < -0.39 is 0 Å². The zero-order valence-electron chi connectivity index (χ0n) is 11.7. The minimum Gasteiger partial charge on any atom is -0.354 e. The Labute approximate surface area is 110 Å². The highest BCUT2D eigenvalue weighted by molar-refractivity contribution is 5.29. The summed E-state index contributed by atoms with van der Waals surface area (Å²) >= 11 is 0. The van der Waals surface area contributed by atoms with E-state index in [4.69, 9.17) is 0 Å². The van der Waals surface area contributed by atoms with Crippen LogP contribution in [0.1, 0.15) is 44.0 Å². The van der Waals surface area contributed by atoms with Crippen LogP contribution in [-0.4, -0.2) is 29.6 Å². The van der Waals surface area contributed by atoms with Gasteiger partial charge < -0.3 is 10.6 Å². The van der Waals surface area contributed by atoms with Crippen LogP contribution in [0.2, 0.25) is 0 Å². The van der Waals surface area contributed by atoms with Gasteiger partial charge in [-0.25, -0.2) is 9.97 Å². The summed E-state index contributed by atoms with van der Waals surface area (Å²) in [5, 5.41) is 6.79. The number of hydrogen-bond acceptors (Lipinski definition) is 4. The number of nitrogens with one attached hydrogen (secondary N) is 2. The van der Waals surface area contributed by atoms with Crippen molar-refractivity contribution in [3.05, 3.63) is 17.5 Å². The molecule has 0 radical (unpaired) electrons. The summed E-state index contributed by atoms with van der Waals surface area (Å²) in [7, 11) is 0. The number of rotatable bonds is 4. The first kappa shape index (κ1) is 13.3. The molecule has 1 aromatic rings. The third-order valence-electron chi connectivity index (χ3n) is 3.47. The average Bonchev–Trinajstić information content (AvgIpc) is 2.37. The molecule has 100 valence electrons. The van der Waals surface area contributed by atoms with E-state index in [2.05, 4.69) is 40.5 Å². The summed E-state index contributed by atoms with van der Waals surface area (Å²) in [6, 6.07) is 2.07. The third kappa shape index (κ3) is 3.67. The van der Waals surface area contributed by atoms with Crippen molar-refractivity contribution >= 4 is 5.95 Å². The number of aromatic nitrogens is 2. The maximum absolute atomic E-state index is 4.58. The summed E-state index contributed by atoms with van der Waals surface area (Å²) in [4.78, 5) is 9.04. The molecule has 4 heteroatoms. The van der Waals surface area contributed by atoms with Crippen molar-refractivity contribution in [3.8, 4) is 0 Å². The van der Waals surface area contributed by atoms with E-state index >= 15 is 0 Å². The Hall–Kier alpha value is -1.16. The van der Waals surface area contributed by atoms with Crippen molar-refractivity contribution < 1.29 is 0 Å². The maximum Gasteiger partial charge on any atom is 0.223 e. The lowest BCUT2D eigenvalue weighted by Crippen LogP contribution is -2.31. The Bertz CT molecular complexity index is 383. The van der Waals surface area contributed by atoms with Gasteiger partial charge >= 0.3 is 0 Å². The predicted octanol–water partition coefficient (Wildman–Crippen LogP) is 2.32. The molecule has 0 aliphatic carbocycles. The number of hydrogen-bond donors (Lipinski definition) is 2. The molecule has 0 amide bonds. The van der Waals surface area contributed by atoms with Gasteiger partial charge in [-0.3, -0.25) is 0 Å². The highest BCUT2D eigenvalue weighted by Gasteiger charge is 2.13. The Balaban J connectivity index is 1.95. The third-order valence-corrected chi connectivity index (χ3v) is 3.47. The standard InChI is InChI=1S/C14H24N4/c1-10(2)13-8-11(3)17-14(18-13)16-9-12-4-6-15-7-5-12/h8,10,12,15H,4-7,9H2,1-3H3,(H,16,17,18). The van der Waals surface area contributed by atoms with E-state index in [0.29, 0.717) is 5.92 Å². The van der Waals surface area contributed by atoms with Gasteiger partial charge in [0.15, 0.2) is 0 Å². The van der Waals surface area contributed by atoms with Crippen LogP contribution in [0.4, 0.5) is 5.95 Å². The summed E-state index contributed by atoms with van der Waals surface area (Å²) in [6.07, 6.45) is 2.49. The van der Waals surface area contributed by atoms with Crippen LogP contribution in [0.5, 0.6) is 0 Å². The second kappa shape index (κ2) is 6.14. The monoisotopic (exact) mass is 248 g/mol. The molecule has 1 aromatic heterocycles. The summed E-state index contributed by atoms with van der Waals surface area (Å²) in [5.74, 6) is 1.99. The topological polar surface area (TPSA) is 49.8 Å². The molecule has 18 heavy (non-hydrogen) atoms. The minimum atomic E-state index is 0.450. The van der Waals surface area contributed by atoms with Crippen LogP contribution < -0.4 is 10.6 Å². The van der Waals surface area contributed by atoms with E-state index in [1.807, 2.05) is 6.92 Å². The second-order valence-electron chi connectivity index (χ2n) is 5.49. The molecule has 1 aliphatic rings. The molecule has 1 fully saturated rings. The van der Waals surface area contributed by atoms with Gasteiger partial charge in [0, 0.05) is 17.9 Å². The van der Waals surface area contributed by atoms with Gasteiger partial charge in [0.1, 0.15) is 0 Å². The second-order valence-corrected chi connectivity index (χ2v) is 5.49. The van der Waals surface area contributed by atoms with Crippen LogP contribution >= 0.6 is 0 Å². The Kier molecular flexibility index (Phi) is 4.53. The van der Waals surface area contributed by atoms with Gasteiger partial charge in [-0.05, 0) is 50.8 Å². The molecule has 1 aliphatic heterocycles. The van der Waals surface area contributed by atoms with Gasteiger partial charge in [-0.1, -0.05) is 13.8 Å². The Morgan fingerprint density at radius 1 is 1.33 bits per heavy atom. The summed E-state index contributed by atoms with van der Waals surface area (Å²) < 4.78 is 0. The van der Waals surface area contributed by atoms with Crippen molar-refractivity contribution in [1.29, 1.82) is 0 Å². The molecule has 0 saturated carbocycles. The quantitative estimate of drug-likeness (QED) is 0.858. The summed E-state index contributed by atoms with van der Waals surface area (Å²) in [6.45, 7) is 9.62. The first-order valence-electron chi connectivity index (χ1n) is 6.95. The number of anilines is 1. The molecule has 2 rings (SSSR count). The van der Waals surface area contributed by atoms with Crippen molar-refractivity contribution in [1.82, 2.24) is 15.3 Å². The van der Waals surface area contributed by atoms with Gasteiger partial charge in [-0.15, -0.1) is 0 Å². The molecule has 4 nitrogen and oxygen atoms in total. The van der Waals surface area contributed by atoms with E-state index in [1.54, 1.807) is 0 Å². The van der Waals surface area contributed by atoms with Crippen LogP contribution in [0.15, 0.2) is 6.07 Å². The van der Waals surface area contributed by atoms with Gasteiger partial charge in [0.2, 0.25) is 5.95 Å². The van der Waals surface area contributed by atoms with Crippen molar-refractivity contribution in [3.63, 3.8) is 0 Å². The van der Waals surface area contributed by atoms with E-state index in [0.717, 1.165) is 42.9 Å². The van der Waals surface area contributed by atoms with Crippen LogP contribution in [0.3, 0.4) is 0 Å². The average molecular weight is 248 g/mol. The van der Waals surface area contributed by atoms with Gasteiger partial charge in [0.05, 0.1) is 0 Å². The zero-order valence-corrected chi connectivity index (χ0v) is 11.7. The highest BCUT2D eigenvalue weighted by Crippen LogP contribution is 2.16. The number of nitrogens with zero attached hydrogens (tertiary/aromatic N) is 2. The fraction of sp³-hybridized carbons (Fsp3) is 0.714. The van der Waals surface area contributed by atoms with E-state index in [1.165, 1.54) is 12.8 Å². The molecule has 2 heterocycles. The number of aryl methyl sites for hydroxylation is 1. The fourth-order valence-electron chi connectivity index (χ4n) is 2.29. The normalized spacial score (nSPS) is 17.1. The lowest BCUT2D eigenvalue weighted by Gasteiger charge is -2.22. The van der Waals surface area contributed by atoms with Crippen molar-refractivity contribution in [2.24, 2.45) is 5.92 Å². The molecule has 1 saturated heterocycles. The van der Waals surface area contributed by atoms with E-state index in [9.17, 15) is 0 Å². The molecular formula is C14H24N4. The van der Waals surface area contributed by atoms with Crippen LogP contribution in [-0.2, 0) is 0 Å². The minimum absolute atomic E-state index is 0.450. The lowest BCUT2D eigenvalue weighted by molar-refractivity contribution is 0.389. The SMILES string of the molecule is Cc1cc(C(C)C)nc(NCC2CCNCC2)n1. The molecule has 0 spiro atoms. The number of piperidine rings is 1. The first-order chi connectivity index (χ1) is 8.65. The highest BCUT2D eigenvalue weighted by atomic mass is 15.1. The molecule has 0 unspecified atom stereocenters. The van der Waals surface area contributed by atoms with E-state index in [-0.39, 0.29) is 0 Å². The lowest BCUT2D eigenvalue weighted by atomic mass is 9.98. The van der Waals surface area contributed by atoms with Gasteiger partial charge in [0.25, 0.3) is 0 Å². The zero-order chi connectivity index (χ0) is 13.0. The smallest absolute Gasteiger partial charge is 0.223 e. The largest absolute Gasteiger partial charge is 0.354 e. The van der Waals surface area contributed by atoms with Crippen molar-refractivity contribution in [2.75, 3.05) is 25.0 Å². The maximum atomic E-state index is 4.58. The van der Waals surface area contributed by atoms with Crippen LogP contribution in [0, 0.1) is 12.8 Å². The first-order valence-corrected chi connectivity index (χ1v) is 6.95. The predicted molar refractivity (Wildman–Crippen MR) is 74.9 cm³/mol. The summed E-state index contributed by atoms with van der Waals surface area (Å²) in [5.41, 5.74) is 2.16.